The van der Waals surface area contributed by atoms with Gasteiger partial charge in [0.15, 0.2) is 0 Å². The van der Waals surface area contributed by atoms with Gasteiger partial charge in [-0.1, -0.05) is 296 Å². The molecule has 0 aliphatic rings. The number of carbonyl (C=O) groups excluding carboxylic acids is 1. The number of aliphatic hydroxyl groups is 2. The van der Waals surface area contributed by atoms with Gasteiger partial charge in [0.05, 0.1) is 18.8 Å². The van der Waals surface area contributed by atoms with Gasteiger partial charge < -0.3 is 15.5 Å². The van der Waals surface area contributed by atoms with E-state index in [0.29, 0.717) is 12.8 Å². The molecule has 61 heavy (non-hydrogen) atoms. The summed E-state index contributed by atoms with van der Waals surface area (Å²) in [7, 11) is 0. The van der Waals surface area contributed by atoms with Crippen LogP contribution in [0.5, 0.6) is 0 Å². The van der Waals surface area contributed by atoms with Crippen molar-refractivity contribution in [1.82, 2.24) is 5.32 Å². The van der Waals surface area contributed by atoms with Gasteiger partial charge in [0.2, 0.25) is 5.91 Å². The number of allylic oxidation sites excluding steroid dienone is 2. The van der Waals surface area contributed by atoms with Gasteiger partial charge in [-0.2, -0.15) is 0 Å². The zero-order valence-corrected chi connectivity index (χ0v) is 42.0. The van der Waals surface area contributed by atoms with E-state index in [1.165, 1.54) is 276 Å². The van der Waals surface area contributed by atoms with Crippen LogP contribution in [0.15, 0.2) is 12.2 Å². The molecule has 0 aliphatic heterocycles. The van der Waals surface area contributed by atoms with E-state index in [1.807, 2.05) is 0 Å². The molecule has 0 rings (SSSR count). The number of unbranched alkanes of at least 4 members (excludes halogenated alkanes) is 44. The average Bonchev–Trinajstić information content (AvgIpc) is 3.26. The third-order valence-corrected chi connectivity index (χ3v) is 13.5. The molecule has 3 N–H and O–H groups in total. The normalized spacial score (nSPS) is 12.8. The van der Waals surface area contributed by atoms with Gasteiger partial charge >= 0.3 is 0 Å². The molecule has 0 aliphatic carbocycles. The lowest BCUT2D eigenvalue weighted by Gasteiger charge is -2.22. The molecule has 0 saturated heterocycles. The van der Waals surface area contributed by atoms with Gasteiger partial charge in [-0.25, -0.2) is 0 Å². The van der Waals surface area contributed by atoms with Crippen LogP contribution in [0.1, 0.15) is 328 Å². The van der Waals surface area contributed by atoms with E-state index in [2.05, 4.69) is 31.3 Å². The van der Waals surface area contributed by atoms with Crippen molar-refractivity contribution < 1.29 is 15.0 Å². The first-order valence-electron chi connectivity index (χ1n) is 28.4. The summed E-state index contributed by atoms with van der Waals surface area (Å²) in [6, 6.07) is -0.532. The van der Waals surface area contributed by atoms with E-state index < -0.39 is 12.1 Å². The fraction of sp³-hybridized carbons (Fsp3) is 0.947. The lowest BCUT2D eigenvalue weighted by atomic mass is 10.0. The predicted octanol–water partition coefficient (Wildman–Crippen LogP) is 18.5. The second-order valence-corrected chi connectivity index (χ2v) is 19.7. The molecule has 0 aromatic heterocycles. The Morgan fingerprint density at radius 3 is 0.902 bits per heavy atom. The van der Waals surface area contributed by atoms with Gasteiger partial charge in [0, 0.05) is 6.42 Å². The molecule has 0 radical (unpaired) electrons. The van der Waals surface area contributed by atoms with Gasteiger partial charge in [-0.15, -0.1) is 0 Å². The van der Waals surface area contributed by atoms with Crippen molar-refractivity contribution in [1.29, 1.82) is 0 Å². The first-order chi connectivity index (χ1) is 30.2. The van der Waals surface area contributed by atoms with Gasteiger partial charge in [-0.05, 0) is 38.5 Å². The fourth-order valence-electron chi connectivity index (χ4n) is 9.18. The van der Waals surface area contributed by atoms with Crippen molar-refractivity contribution in [2.24, 2.45) is 0 Å². The highest BCUT2D eigenvalue weighted by atomic mass is 16.3. The molecule has 1 amide bonds. The number of nitrogens with one attached hydrogen (secondary N) is 1. The van der Waals surface area contributed by atoms with E-state index in [9.17, 15) is 15.0 Å². The maximum absolute atomic E-state index is 12.5. The third-order valence-electron chi connectivity index (χ3n) is 13.5. The highest BCUT2D eigenvalue weighted by Gasteiger charge is 2.20. The zero-order chi connectivity index (χ0) is 44.2. The van der Waals surface area contributed by atoms with Crippen LogP contribution < -0.4 is 5.32 Å². The molecular formula is C57H113NO3. The Labute approximate surface area is 384 Å². The molecule has 364 valence electrons. The van der Waals surface area contributed by atoms with Crippen molar-refractivity contribution in [3.8, 4) is 0 Å². The van der Waals surface area contributed by atoms with E-state index in [0.717, 1.165) is 25.7 Å². The number of rotatable bonds is 53. The van der Waals surface area contributed by atoms with Gasteiger partial charge in [-0.3, -0.25) is 4.79 Å². The SMILES string of the molecule is CCCCCCCCCC/C=C\CCCCCCCCCCCCCCCCCCCCCCCC(=O)NC(CO)C(O)CCCCCCCCCCCCCCCCCC. The largest absolute Gasteiger partial charge is 0.394 e. The summed E-state index contributed by atoms with van der Waals surface area (Å²) in [6.07, 6.45) is 69.2. The molecule has 0 fully saturated rings. The number of hydrogen-bond acceptors (Lipinski definition) is 3. The van der Waals surface area contributed by atoms with Crippen molar-refractivity contribution in [2.45, 2.75) is 341 Å². The van der Waals surface area contributed by atoms with Gasteiger partial charge in [0.25, 0.3) is 0 Å². The maximum Gasteiger partial charge on any atom is 0.220 e. The monoisotopic (exact) mass is 860 g/mol. The Bertz CT molecular complexity index is 844. The van der Waals surface area contributed by atoms with Crippen molar-refractivity contribution >= 4 is 5.91 Å². The van der Waals surface area contributed by atoms with E-state index >= 15 is 0 Å². The second kappa shape index (κ2) is 53.5. The Kier molecular flexibility index (Phi) is 52.7. The van der Waals surface area contributed by atoms with Crippen LogP contribution in [-0.2, 0) is 4.79 Å². The molecule has 2 atom stereocenters. The maximum atomic E-state index is 12.5. The standard InChI is InChI=1S/C57H113NO3/c1-3-5-7-9-11-13-15-17-19-21-22-23-24-25-26-27-28-29-30-31-32-33-34-35-36-37-39-41-43-45-47-49-51-53-57(61)58-55(54-59)56(60)52-50-48-46-44-42-40-38-20-18-16-14-12-10-8-6-4-2/h21-22,55-56,59-60H,3-20,23-54H2,1-2H3,(H,58,61)/b22-21-. The molecule has 0 heterocycles. The van der Waals surface area contributed by atoms with Crippen molar-refractivity contribution in [3.63, 3.8) is 0 Å². The summed E-state index contributed by atoms with van der Waals surface area (Å²) in [5.41, 5.74) is 0. The van der Waals surface area contributed by atoms with Crippen LogP contribution in [0.4, 0.5) is 0 Å². The van der Waals surface area contributed by atoms with Crippen LogP contribution in [0.2, 0.25) is 0 Å². The minimum atomic E-state index is -0.655. The van der Waals surface area contributed by atoms with E-state index in [-0.39, 0.29) is 12.5 Å². The predicted molar refractivity (Wildman–Crippen MR) is 272 cm³/mol. The minimum absolute atomic E-state index is 0.0239. The first-order valence-corrected chi connectivity index (χ1v) is 28.4. The van der Waals surface area contributed by atoms with Crippen LogP contribution >= 0.6 is 0 Å². The first kappa shape index (κ1) is 60.1. The quantitative estimate of drug-likeness (QED) is 0.0421. The average molecular weight is 861 g/mol. The third kappa shape index (κ3) is 50.0. The lowest BCUT2D eigenvalue weighted by Crippen LogP contribution is -2.45. The van der Waals surface area contributed by atoms with Crippen LogP contribution in [0.25, 0.3) is 0 Å². The van der Waals surface area contributed by atoms with E-state index in [1.54, 1.807) is 0 Å². The zero-order valence-electron chi connectivity index (χ0n) is 42.0. The number of carbonyl (C=O) groups is 1. The summed E-state index contributed by atoms with van der Waals surface area (Å²) < 4.78 is 0. The van der Waals surface area contributed by atoms with E-state index in [4.69, 9.17) is 0 Å². The van der Waals surface area contributed by atoms with Crippen LogP contribution in [0, 0.1) is 0 Å². The number of hydrogen-bond donors (Lipinski definition) is 3. The summed E-state index contributed by atoms with van der Waals surface area (Å²) in [4.78, 5) is 12.5. The summed E-state index contributed by atoms with van der Waals surface area (Å²) >= 11 is 0. The van der Waals surface area contributed by atoms with Crippen molar-refractivity contribution in [3.05, 3.63) is 12.2 Å². The lowest BCUT2D eigenvalue weighted by molar-refractivity contribution is -0.123. The van der Waals surface area contributed by atoms with Crippen LogP contribution in [0.3, 0.4) is 0 Å². The van der Waals surface area contributed by atoms with Gasteiger partial charge in [0.1, 0.15) is 0 Å². The molecule has 2 unspecified atom stereocenters. The molecule has 0 aromatic rings. The fourth-order valence-corrected chi connectivity index (χ4v) is 9.18. The Hall–Kier alpha value is -0.870. The smallest absolute Gasteiger partial charge is 0.220 e. The Balaban J connectivity index is 3.38. The van der Waals surface area contributed by atoms with Crippen LogP contribution in [-0.4, -0.2) is 34.9 Å². The minimum Gasteiger partial charge on any atom is -0.394 e. The highest BCUT2D eigenvalue weighted by molar-refractivity contribution is 5.76. The number of amides is 1. The molecule has 0 bridgehead atoms. The summed E-state index contributed by atoms with van der Waals surface area (Å²) in [5.74, 6) is -0.0239. The number of aliphatic hydroxyl groups excluding tert-OH is 2. The molecule has 0 saturated carbocycles. The topological polar surface area (TPSA) is 69.6 Å². The molecular weight excluding hydrogens is 747 g/mol. The van der Waals surface area contributed by atoms with Crippen molar-refractivity contribution in [2.75, 3.05) is 6.61 Å². The molecule has 4 heteroatoms. The Morgan fingerprint density at radius 2 is 0.623 bits per heavy atom. The summed E-state index contributed by atoms with van der Waals surface area (Å²) in [6.45, 7) is 4.39. The highest BCUT2D eigenvalue weighted by Crippen LogP contribution is 2.18. The molecule has 0 aromatic carbocycles. The second-order valence-electron chi connectivity index (χ2n) is 19.7. The Morgan fingerprint density at radius 1 is 0.377 bits per heavy atom. The molecule has 4 nitrogen and oxygen atoms in total. The summed E-state index contributed by atoms with van der Waals surface area (Å²) in [5, 5.41) is 23.3. The molecule has 0 spiro atoms.